The van der Waals surface area contributed by atoms with Crippen LogP contribution in [-0.2, 0) is 4.79 Å². The summed E-state index contributed by atoms with van der Waals surface area (Å²) in [6, 6.07) is 8.50. The monoisotopic (exact) mass is 309 g/mol. The molecular formula is C15H13Cl2NO2. The van der Waals surface area contributed by atoms with Crippen molar-refractivity contribution >= 4 is 35.2 Å². The number of furan rings is 1. The molecule has 0 radical (unpaired) electrons. The largest absolute Gasteiger partial charge is 0.465 e. The van der Waals surface area contributed by atoms with E-state index in [1.807, 2.05) is 6.92 Å². The maximum Gasteiger partial charge on any atom is 0.244 e. The van der Waals surface area contributed by atoms with Crippen molar-refractivity contribution in [3.05, 3.63) is 64.0 Å². The van der Waals surface area contributed by atoms with E-state index in [2.05, 4.69) is 5.32 Å². The van der Waals surface area contributed by atoms with Gasteiger partial charge in [-0.2, -0.15) is 0 Å². The Morgan fingerprint density at radius 1 is 1.35 bits per heavy atom. The van der Waals surface area contributed by atoms with Crippen molar-refractivity contribution in [3.8, 4) is 0 Å². The van der Waals surface area contributed by atoms with E-state index in [0.29, 0.717) is 15.8 Å². The minimum atomic E-state index is -0.222. The first-order valence-electron chi connectivity index (χ1n) is 6.03. The molecule has 0 bridgehead atoms. The molecule has 1 aromatic heterocycles. The molecular weight excluding hydrogens is 297 g/mol. The second-order valence-electron chi connectivity index (χ2n) is 4.24. The van der Waals surface area contributed by atoms with Gasteiger partial charge in [0.2, 0.25) is 5.91 Å². The molecule has 0 saturated heterocycles. The molecule has 104 valence electrons. The van der Waals surface area contributed by atoms with Gasteiger partial charge in [0, 0.05) is 16.1 Å². The van der Waals surface area contributed by atoms with Crippen molar-refractivity contribution in [2.75, 3.05) is 0 Å². The summed E-state index contributed by atoms with van der Waals surface area (Å²) in [7, 11) is 0. The molecule has 0 aliphatic heterocycles. The Morgan fingerprint density at radius 3 is 2.80 bits per heavy atom. The summed E-state index contributed by atoms with van der Waals surface area (Å²) in [5.41, 5.74) is 0.816. The van der Waals surface area contributed by atoms with Crippen LogP contribution in [0.3, 0.4) is 0 Å². The van der Waals surface area contributed by atoms with Crippen molar-refractivity contribution in [1.82, 2.24) is 5.32 Å². The van der Waals surface area contributed by atoms with E-state index in [1.165, 1.54) is 6.08 Å². The Morgan fingerprint density at radius 2 is 2.15 bits per heavy atom. The van der Waals surface area contributed by atoms with Gasteiger partial charge >= 0.3 is 0 Å². The molecule has 0 saturated carbocycles. The summed E-state index contributed by atoms with van der Waals surface area (Å²) in [4.78, 5) is 11.8. The average molecular weight is 310 g/mol. The van der Waals surface area contributed by atoms with E-state index in [0.717, 1.165) is 5.56 Å². The number of halogens is 2. The molecule has 1 amide bonds. The number of carbonyl (C=O) groups is 1. The van der Waals surface area contributed by atoms with Crippen LogP contribution < -0.4 is 5.32 Å². The van der Waals surface area contributed by atoms with Crippen LogP contribution in [-0.4, -0.2) is 5.91 Å². The number of amides is 1. The number of rotatable bonds is 4. The lowest BCUT2D eigenvalue weighted by molar-refractivity contribution is -0.117. The Hall–Kier alpha value is -1.71. The highest BCUT2D eigenvalue weighted by Gasteiger charge is 2.11. The summed E-state index contributed by atoms with van der Waals surface area (Å²) >= 11 is 11.9. The summed E-state index contributed by atoms with van der Waals surface area (Å²) < 4.78 is 5.10. The molecule has 0 spiro atoms. The van der Waals surface area contributed by atoms with E-state index in [-0.39, 0.29) is 11.9 Å². The van der Waals surface area contributed by atoms with E-state index >= 15 is 0 Å². The third-order valence-corrected chi connectivity index (χ3v) is 3.29. The minimum Gasteiger partial charge on any atom is -0.465 e. The summed E-state index contributed by atoms with van der Waals surface area (Å²) in [6.07, 6.45) is 4.57. The second-order valence-corrected chi connectivity index (χ2v) is 5.09. The Balaban J connectivity index is 2.00. The fraction of sp³-hybridized carbons (Fsp3) is 0.133. The third kappa shape index (κ3) is 3.89. The van der Waals surface area contributed by atoms with Gasteiger partial charge in [-0.3, -0.25) is 4.79 Å². The molecule has 1 atom stereocenters. The first-order chi connectivity index (χ1) is 9.56. The van der Waals surface area contributed by atoms with Gasteiger partial charge in [-0.25, -0.2) is 0 Å². The molecule has 0 fully saturated rings. The zero-order valence-electron chi connectivity index (χ0n) is 10.8. The van der Waals surface area contributed by atoms with Crippen LogP contribution in [0.15, 0.2) is 47.1 Å². The van der Waals surface area contributed by atoms with E-state index in [9.17, 15) is 4.79 Å². The second kappa shape index (κ2) is 6.64. The van der Waals surface area contributed by atoms with E-state index in [1.54, 1.807) is 42.7 Å². The number of hydrogen-bond acceptors (Lipinski definition) is 2. The van der Waals surface area contributed by atoms with Gasteiger partial charge in [0.25, 0.3) is 0 Å². The van der Waals surface area contributed by atoms with Crippen molar-refractivity contribution in [2.45, 2.75) is 13.0 Å². The van der Waals surface area contributed by atoms with Crippen LogP contribution in [0.2, 0.25) is 10.0 Å². The number of carbonyl (C=O) groups excluding carboxylic acids is 1. The maximum absolute atomic E-state index is 11.8. The van der Waals surface area contributed by atoms with Crippen molar-refractivity contribution < 1.29 is 9.21 Å². The zero-order chi connectivity index (χ0) is 14.5. The third-order valence-electron chi connectivity index (χ3n) is 2.73. The van der Waals surface area contributed by atoms with Gasteiger partial charge in [0.15, 0.2) is 0 Å². The average Bonchev–Trinajstić information content (AvgIpc) is 2.89. The van der Waals surface area contributed by atoms with Crippen molar-refractivity contribution in [3.63, 3.8) is 0 Å². The van der Waals surface area contributed by atoms with Gasteiger partial charge in [-0.05, 0) is 42.8 Å². The highest BCUT2D eigenvalue weighted by atomic mass is 35.5. The molecule has 5 heteroatoms. The van der Waals surface area contributed by atoms with Crippen LogP contribution in [0.25, 0.3) is 6.08 Å². The number of nitrogens with one attached hydrogen (secondary N) is 1. The number of benzene rings is 1. The van der Waals surface area contributed by atoms with Gasteiger partial charge in [-0.15, -0.1) is 0 Å². The predicted octanol–water partition coefficient (Wildman–Crippen LogP) is 4.48. The van der Waals surface area contributed by atoms with Crippen LogP contribution in [0.1, 0.15) is 24.3 Å². The normalized spacial score (nSPS) is 12.6. The van der Waals surface area contributed by atoms with Gasteiger partial charge < -0.3 is 9.73 Å². The topological polar surface area (TPSA) is 42.2 Å². The lowest BCUT2D eigenvalue weighted by Crippen LogP contribution is -2.24. The quantitative estimate of drug-likeness (QED) is 0.846. The molecule has 2 rings (SSSR count). The Labute approximate surface area is 127 Å². The van der Waals surface area contributed by atoms with E-state index < -0.39 is 0 Å². The van der Waals surface area contributed by atoms with Gasteiger partial charge in [0.05, 0.1) is 12.3 Å². The molecule has 20 heavy (non-hydrogen) atoms. The molecule has 0 aliphatic rings. The highest BCUT2D eigenvalue weighted by molar-refractivity contribution is 6.35. The highest BCUT2D eigenvalue weighted by Crippen LogP contribution is 2.26. The van der Waals surface area contributed by atoms with E-state index in [4.69, 9.17) is 27.6 Å². The lowest BCUT2D eigenvalue weighted by Gasteiger charge is -2.14. The molecule has 2 aromatic rings. The fourth-order valence-corrected chi connectivity index (χ4v) is 2.31. The molecule has 1 heterocycles. The van der Waals surface area contributed by atoms with Crippen molar-refractivity contribution in [2.24, 2.45) is 0 Å². The summed E-state index contributed by atoms with van der Waals surface area (Å²) in [5.74, 6) is 0.400. The van der Waals surface area contributed by atoms with Crippen LogP contribution >= 0.6 is 23.2 Å². The maximum atomic E-state index is 11.8. The minimum absolute atomic E-state index is 0.214. The Kier molecular flexibility index (Phi) is 4.88. The first-order valence-corrected chi connectivity index (χ1v) is 6.79. The number of hydrogen-bond donors (Lipinski definition) is 1. The fourth-order valence-electron chi connectivity index (χ4n) is 1.74. The molecule has 0 unspecified atom stereocenters. The SMILES string of the molecule is C[C@H](NC(=O)/C=C/c1ccco1)c1ccc(Cl)cc1Cl. The predicted molar refractivity (Wildman–Crippen MR) is 80.8 cm³/mol. The zero-order valence-corrected chi connectivity index (χ0v) is 12.3. The van der Waals surface area contributed by atoms with Crippen LogP contribution in [0.4, 0.5) is 0 Å². The van der Waals surface area contributed by atoms with Gasteiger partial charge in [-0.1, -0.05) is 29.3 Å². The molecule has 1 aromatic carbocycles. The molecule has 3 nitrogen and oxygen atoms in total. The lowest BCUT2D eigenvalue weighted by atomic mass is 10.1. The standard InChI is InChI=1S/C15H13Cl2NO2/c1-10(13-6-4-11(16)9-14(13)17)18-15(19)7-5-12-3-2-8-20-12/h2-10H,1H3,(H,18,19)/b7-5+/t10-/m0/s1. The smallest absolute Gasteiger partial charge is 0.244 e. The molecule has 0 aliphatic carbocycles. The molecule has 1 N–H and O–H groups in total. The van der Waals surface area contributed by atoms with Crippen molar-refractivity contribution in [1.29, 1.82) is 0 Å². The summed E-state index contributed by atoms with van der Waals surface area (Å²) in [5, 5.41) is 3.92. The van der Waals surface area contributed by atoms with Crippen LogP contribution in [0, 0.1) is 0 Å². The van der Waals surface area contributed by atoms with Crippen LogP contribution in [0.5, 0.6) is 0 Å². The van der Waals surface area contributed by atoms with Gasteiger partial charge in [0.1, 0.15) is 5.76 Å². The first kappa shape index (κ1) is 14.7. The summed E-state index contributed by atoms with van der Waals surface area (Å²) in [6.45, 7) is 1.85. The Bertz CT molecular complexity index is 621.